The molecule has 0 unspecified atom stereocenters. The Bertz CT molecular complexity index is 549. The second-order valence-electron chi connectivity index (χ2n) is 4.95. The van der Waals surface area contributed by atoms with Gasteiger partial charge in [0.15, 0.2) is 5.11 Å². The van der Waals surface area contributed by atoms with Crippen LogP contribution in [0.4, 0.5) is 5.69 Å². The zero-order valence-electron chi connectivity index (χ0n) is 11.5. The Morgan fingerprint density at radius 3 is 2.67 bits per heavy atom. The summed E-state index contributed by atoms with van der Waals surface area (Å²) >= 11 is 5.22. The molecule has 112 valence electrons. The van der Waals surface area contributed by atoms with Crippen LogP contribution in [0.2, 0.25) is 0 Å². The van der Waals surface area contributed by atoms with Gasteiger partial charge < -0.3 is 16.8 Å². The summed E-state index contributed by atoms with van der Waals surface area (Å²) in [5.74, 6) is -0.610. The average molecular weight is 306 g/mol. The van der Waals surface area contributed by atoms with Gasteiger partial charge in [-0.2, -0.15) is 0 Å². The van der Waals surface area contributed by atoms with Crippen LogP contribution >= 0.6 is 12.2 Å². The molecule has 1 saturated heterocycles. The maximum absolute atomic E-state index is 12.4. The van der Waals surface area contributed by atoms with E-state index in [2.05, 4.69) is 5.32 Å². The van der Waals surface area contributed by atoms with Gasteiger partial charge in [-0.25, -0.2) is 0 Å². The van der Waals surface area contributed by atoms with Gasteiger partial charge in [0.1, 0.15) is 6.04 Å². The number of nitrogens with two attached hydrogens (primary N) is 2. The van der Waals surface area contributed by atoms with Crippen LogP contribution in [0.15, 0.2) is 30.3 Å². The Balaban J connectivity index is 1.94. The average Bonchev–Trinajstić information content (AvgIpc) is 2.74. The van der Waals surface area contributed by atoms with Crippen LogP contribution in [-0.2, 0) is 9.59 Å². The highest BCUT2D eigenvalue weighted by molar-refractivity contribution is 7.80. The number of anilines is 1. The summed E-state index contributed by atoms with van der Waals surface area (Å²) in [4.78, 5) is 24.7. The van der Waals surface area contributed by atoms with Crippen LogP contribution in [0.3, 0.4) is 0 Å². The van der Waals surface area contributed by atoms with Gasteiger partial charge in [-0.3, -0.25) is 14.5 Å². The molecule has 1 fully saturated rings. The van der Waals surface area contributed by atoms with Gasteiger partial charge in [0.05, 0.1) is 11.7 Å². The first-order valence-electron chi connectivity index (χ1n) is 6.75. The highest BCUT2D eigenvalue weighted by Crippen LogP contribution is 2.21. The Morgan fingerprint density at radius 2 is 2.05 bits per heavy atom. The van der Waals surface area contributed by atoms with Gasteiger partial charge in [-0.1, -0.05) is 18.2 Å². The molecular weight excluding hydrogens is 288 g/mol. The number of amides is 2. The number of carbonyl (C=O) groups is 2. The van der Waals surface area contributed by atoms with Crippen molar-refractivity contribution in [2.75, 3.05) is 4.90 Å². The molecule has 0 radical (unpaired) electrons. The zero-order chi connectivity index (χ0) is 15.4. The Hall–Kier alpha value is -1.99. The molecule has 2 amide bonds. The lowest BCUT2D eigenvalue weighted by atomic mass is 10.1. The van der Waals surface area contributed by atoms with Gasteiger partial charge in [0.25, 0.3) is 5.91 Å². The molecule has 7 heteroatoms. The number of nitrogens with one attached hydrogen (secondary N) is 1. The lowest BCUT2D eigenvalue weighted by Gasteiger charge is -2.14. The van der Waals surface area contributed by atoms with Crippen molar-refractivity contribution in [3.63, 3.8) is 0 Å². The first-order chi connectivity index (χ1) is 10.0. The normalized spacial score (nSPS) is 19.5. The van der Waals surface area contributed by atoms with Crippen molar-refractivity contribution in [3.8, 4) is 0 Å². The molecule has 2 rings (SSSR count). The second-order valence-corrected chi connectivity index (χ2v) is 5.34. The molecule has 21 heavy (non-hydrogen) atoms. The second kappa shape index (κ2) is 6.64. The van der Waals surface area contributed by atoms with Crippen molar-refractivity contribution in [1.29, 1.82) is 0 Å². The van der Waals surface area contributed by atoms with E-state index in [0.717, 1.165) is 5.69 Å². The largest absolute Gasteiger partial charge is 0.368 e. The minimum atomic E-state index is -0.668. The first-order valence-corrected chi connectivity index (χ1v) is 7.16. The molecular formula is C14H18N4O2S. The van der Waals surface area contributed by atoms with Crippen LogP contribution in [0.25, 0.3) is 0 Å². The summed E-state index contributed by atoms with van der Waals surface area (Å²) in [7, 11) is 0. The Morgan fingerprint density at radius 1 is 1.38 bits per heavy atom. The van der Waals surface area contributed by atoms with Gasteiger partial charge in [0.2, 0.25) is 5.91 Å². The highest BCUT2D eigenvalue weighted by atomic mass is 32.1. The summed E-state index contributed by atoms with van der Waals surface area (Å²) in [6.45, 7) is 0. The van der Waals surface area contributed by atoms with Gasteiger partial charge in [0, 0.05) is 0 Å². The summed E-state index contributed by atoms with van der Waals surface area (Å²) in [5.41, 5.74) is 11.4. The number of carbonyl (C=O) groups excluding carboxylic acids is 2. The summed E-state index contributed by atoms with van der Waals surface area (Å²) in [6.07, 6.45) is 1.64. The molecule has 1 aliphatic heterocycles. The third-order valence-electron chi connectivity index (χ3n) is 3.41. The number of rotatable bonds is 6. The molecule has 1 aliphatic rings. The fourth-order valence-corrected chi connectivity index (χ4v) is 2.57. The molecule has 0 aromatic heterocycles. The molecule has 6 nitrogen and oxygen atoms in total. The number of para-hydroxylation sites is 1. The number of nitrogens with zero attached hydrogens (tertiary/aromatic N) is 1. The van der Waals surface area contributed by atoms with E-state index in [1.54, 1.807) is 0 Å². The van der Waals surface area contributed by atoms with Gasteiger partial charge in [-0.15, -0.1) is 0 Å². The lowest BCUT2D eigenvalue weighted by Crippen LogP contribution is -2.37. The fourth-order valence-electron chi connectivity index (χ4n) is 2.23. The van der Waals surface area contributed by atoms with Crippen LogP contribution < -0.4 is 21.7 Å². The predicted molar refractivity (Wildman–Crippen MR) is 84.5 cm³/mol. The predicted octanol–water partition coefficient (Wildman–Crippen LogP) is 0.259. The van der Waals surface area contributed by atoms with Crippen LogP contribution in [0.1, 0.15) is 19.3 Å². The highest BCUT2D eigenvalue weighted by Gasteiger charge is 2.35. The van der Waals surface area contributed by atoms with E-state index in [1.807, 2.05) is 30.3 Å². The molecule has 0 spiro atoms. The Labute approximate surface area is 128 Å². The molecule has 5 N–H and O–H groups in total. The van der Waals surface area contributed by atoms with Crippen molar-refractivity contribution in [1.82, 2.24) is 5.32 Å². The monoisotopic (exact) mass is 306 g/mol. The van der Waals surface area contributed by atoms with Crippen LogP contribution in [0, 0.1) is 0 Å². The van der Waals surface area contributed by atoms with Crippen LogP contribution in [-0.4, -0.2) is 29.0 Å². The number of benzene rings is 1. The minimum Gasteiger partial charge on any atom is -0.368 e. The quantitative estimate of drug-likeness (QED) is 0.654. The third-order valence-corrected chi connectivity index (χ3v) is 3.71. The van der Waals surface area contributed by atoms with Gasteiger partial charge in [-0.05, 0) is 43.6 Å². The summed E-state index contributed by atoms with van der Waals surface area (Å²) in [5, 5.41) is 3.40. The number of thiocarbonyl (C=S) groups is 1. The lowest BCUT2D eigenvalue weighted by molar-refractivity contribution is -0.119. The van der Waals surface area contributed by atoms with Crippen molar-refractivity contribution in [2.24, 2.45) is 11.5 Å². The zero-order valence-corrected chi connectivity index (χ0v) is 12.3. The van der Waals surface area contributed by atoms with E-state index in [9.17, 15) is 9.59 Å². The molecule has 2 atom stereocenters. The van der Waals surface area contributed by atoms with E-state index >= 15 is 0 Å². The van der Waals surface area contributed by atoms with Crippen molar-refractivity contribution < 1.29 is 9.59 Å². The molecule has 0 saturated carbocycles. The summed E-state index contributed by atoms with van der Waals surface area (Å²) < 4.78 is 0. The number of hydrogen-bond acceptors (Lipinski definition) is 4. The molecule has 0 bridgehead atoms. The standard InChI is InChI=1S/C14H18N4O2S/c15-10(12(16)19)7-4-8-11-13(20)18(14(21)17-11)9-5-2-1-3-6-9/h1-3,5-6,10-11H,4,7-8,15H2,(H2,16,19)(H,17,21)/t10-,11+/m1/s1. The van der Waals surface area contributed by atoms with E-state index < -0.39 is 11.9 Å². The SMILES string of the molecule is NC(=O)[C@H](N)CCC[C@@H]1NC(=S)N(c2ccccc2)C1=O. The molecule has 1 aromatic carbocycles. The first kappa shape index (κ1) is 15.4. The smallest absolute Gasteiger partial charge is 0.255 e. The van der Waals surface area contributed by atoms with E-state index in [1.165, 1.54) is 4.90 Å². The molecule has 0 aliphatic carbocycles. The van der Waals surface area contributed by atoms with E-state index in [-0.39, 0.29) is 11.9 Å². The number of hydrogen-bond donors (Lipinski definition) is 3. The van der Waals surface area contributed by atoms with Crippen molar-refractivity contribution in [3.05, 3.63) is 30.3 Å². The van der Waals surface area contributed by atoms with E-state index in [4.69, 9.17) is 23.7 Å². The van der Waals surface area contributed by atoms with E-state index in [0.29, 0.717) is 24.4 Å². The number of primary amides is 1. The van der Waals surface area contributed by atoms with Crippen LogP contribution in [0.5, 0.6) is 0 Å². The molecule has 1 heterocycles. The van der Waals surface area contributed by atoms with Crippen molar-refractivity contribution >= 4 is 34.8 Å². The Kier molecular flexibility index (Phi) is 4.87. The maximum Gasteiger partial charge on any atom is 0.255 e. The third kappa shape index (κ3) is 3.56. The summed E-state index contributed by atoms with van der Waals surface area (Å²) in [6, 6.07) is 8.20. The van der Waals surface area contributed by atoms with Gasteiger partial charge >= 0.3 is 0 Å². The van der Waals surface area contributed by atoms with Crippen molar-refractivity contribution in [2.45, 2.75) is 31.3 Å². The fraction of sp³-hybridized carbons (Fsp3) is 0.357. The maximum atomic E-state index is 12.4. The minimum absolute atomic E-state index is 0.0844. The topological polar surface area (TPSA) is 101 Å². The molecule has 1 aromatic rings.